The van der Waals surface area contributed by atoms with Gasteiger partial charge in [0.05, 0.1) is 13.2 Å². The van der Waals surface area contributed by atoms with E-state index in [1.54, 1.807) is 12.1 Å². The maximum absolute atomic E-state index is 12.6. The molecule has 1 aliphatic carbocycles. The second kappa shape index (κ2) is 7.49. The number of carboxylic acids is 1. The van der Waals surface area contributed by atoms with Crippen molar-refractivity contribution in [3.05, 3.63) is 59.2 Å². The van der Waals surface area contributed by atoms with Crippen LogP contribution in [0, 0.1) is 0 Å². The number of benzene rings is 2. The highest BCUT2D eigenvalue weighted by atomic mass is 32.2. The number of carbonyl (C=O) groups is 2. The summed E-state index contributed by atoms with van der Waals surface area (Å²) < 4.78 is 37.2. The Balaban J connectivity index is 2.33. The Kier molecular flexibility index (Phi) is 5.38. The van der Waals surface area contributed by atoms with E-state index < -0.39 is 33.0 Å². The number of rotatable bonds is 6. The van der Waals surface area contributed by atoms with E-state index in [2.05, 4.69) is 10.1 Å². The van der Waals surface area contributed by atoms with E-state index in [-0.39, 0.29) is 12.0 Å². The van der Waals surface area contributed by atoms with E-state index in [4.69, 9.17) is 0 Å². The van der Waals surface area contributed by atoms with E-state index in [1.807, 2.05) is 24.3 Å². The van der Waals surface area contributed by atoms with Crippen molar-refractivity contribution in [3.8, 4) is 11.1 Å². The van der Waals surface area contributed by atoms with Crippen LogP contribution in [0.1, 0.15) is 30.0 Å². The van der Waals surface area contributed by atoms with Gasteiger partial charge in [-0.05, 0) is 40.7 Å². The minimum Gasteiger partial charge on any atom is -0.480 e. The third kappa shape index (κ3) is 3.16. The fourth-order valence-corrected chi connectivity index (χ4v) is 5.35. The van der Waals surface area contributed by atoms with E-state index in [0.29, 0.717) is 17.5 Å². The molecule has 9 heteroatoms. The van der Waals surface area contributed by atoms with Crippen LogP contribution in [-0.4, -0.2) is 43.3 Å². The molecule has 3 rings (SSSR count). The Labute approximate surface area is 168 Å². The monoisotopic (exact) mass is 419 g/mol. The Morgan fingerprint density at radius 1 is 1.17 bits per heavy atom. The van der Waals surface area contributed by atoms with Gasteiger partial charge in [-0.1, -0.05) is 49.4 Å². The molecule has 1 aliphatic rings. The zero-order chi connectivity index (χ0) is 21.4. The molecule has 0 heterocycles. The van der Waals surface area contributed by atoms with Crippen LogP contribution in [0.5, 0.6) is 0 Å². The highest BCUT2D eigenvalue weighted by Gasteiger charge is 2.59. The lowest BCUT2D eigenvalue weighted by molar-refractivity contribution is -0.141. The first-order chi connectivity index (χ1) is 13.7. The molecule has 8 nitrogen and oxygen atoms in total. The smallest absolute Gasteiger partial charge is 0.407 e. The number of alkyl carbamates (subject to hydrolysis) is 1. The molecule has 2 aromatic rings. The number of carbonyl (C=O) groups excluding carboxylic acids is 1. The van der Waals surface area contributed by atoms with E-state index in [0.717, 1.165) is 18.2 Å². The Morgan fingerprint density at radius 2 is 1.83 bits per heavy atom. The minimum absolute atomic E-state index is 0.0792. The first-order valence-electron chi connectivity index (χ1n) is 8.94. The fraction of sp³-hybridized carbons (Fsp3) is 0.300. The number of carboxylic acid groups (broad SMARTS) is 1. The molecule has 0 radical (unpaired) electrons. The Hall–Kier alpha value is -2.91. The number of ether oxygens (including phenoxy) is 1. The van der Waals surface area contributed by atoms with Gasteiger partial charge in [0.1, 0.15) is 0 Å². The summed E-state index contributed by atoms with van der Waals surface area (Å²) in [6.07, 6.45) is -0.777. The van der Waals surface area contributed by atoms with Crippen LogP contribution in [0.25, 0.3) is 11.1 Å². The molecule has 2 atom stereocenters. The number of hydrogen-bond donors (Lipinski definition) is 3. The average molecular weight is 419 g/mol. The molecular weight excluding hydrogens is 398 g/mol. The molecule has 0 aliphatic heterocycles. The number of hydrogen-bond acceptors (Lipinski definition) is 5. The molecule has 3 N–H and O–H groups in total. The number of aliphatic carboxylic acids is 1. The molecule has 29 heavy (non-hydrogen) atoms. The van der Waals surface area contributed by atoms with Crippen molar-refractivity contribution < 1.29 is 32.4 Å². The fourth-order valence-electron chi connectivity index (χ4n) is 4.08. The molecular formula is C20H21NO7S. The summed E-state index contributed by atoms with van der Waals surface area (Å²) in [5.41, 5.74) is 2.88. The van der Waals surface area contributed by atoms with E-state index in [1.165, 1.54) is 13.0 Å². The zero-order valence-electron chi connectivity index (χ0n) is 15.9. The third-order valence-corrected chi connectivity index (χ3v) is 6.84. The molecule has 0 spiro atoms. The average Bonchev–Trinajstić information content (AvgIpc) is 3.05. The van der Waals surface area contributed by atoms with Crippen molar-refractivity contribution >= 4 is 22.2 Å². The van der Waals surface area contributed by atoms with Crippen molar-refractivity contribution in [2.45, 2.75) is 30.6 Å². The van der Waals surface area contributed by atoms with Crippen LogP contribution >= 0.6 is 0 Å². The second-order valence-electron chi connectivity index (χ2n) is 6.78. The molecule has 2 unspecified atom stereocenters. The van der Waals surface area contributed by atoms with Gasteiger partial charge in [0, 0.05) is 0 Å². The van der Waals surface area contributed by atoms with Gasteiger partial charge in [-0.2, -0.15) is 8.42 Å². The maximum Gasteiger partial charge on any atom is 0.407 e. The van der Waals surface area contributed by atoms with Gasteiger partial charge in [-0.3, -0.25) is 4.55 Å². The van der Waals surface area contributed by atoms with Crippen LogP contribution in [0.4, 0.5) is 4.79 Å². The first-order valence-corrected chi connectivity index (χ1v) is 10.4. The normalized spacial score (nSPS) is 15.6. The number of amides is 1. The van der Waals surface area contributed by atoms with Crippen LogP contribution in [0.15, 0.2) is 42.5 Å². The van der Waals surface area contributed by atoms with Crippen LogP contribution in [0.3, 0.4) is 0 Å². The summed E-state index contributed by atoms with van der Waals surface area (Å²) in [5, 5.41) is 12.4. The molecule has 0 saturated heterocycles. The zero-order valence-corrected chi connectivity index (χ0v) is 16.7. The van der Waals surface area contributed by atoms with Gasteiger partial charge in [0.15, 0.2) is 0 Å². The van der Waals surface area contributed by atoms with Gasteiger partial charge in [-0.15, -0.1) is 0 Å². The molecule has 0 bridgehead atoms. The Bertz CT molecular complexity index is 1080. The largest absolute Gasteiger partial charge is 0.480 e. The van der Waals surface area contributed by atoms with Crippen molar-refractivity contribution in [2.75, 3.05) is 7.11 Å². The maximum atomic E-state index is 12.6. The molecule has 154 valence electrons. The summed E-state index contributed by atoms with van der Waals surface area (Å²) in [6, 6.07) is 10.6. The molecule has 1 amide bonds. The molecule has 2 aromatic carbocycles. The standard InChI is InChI=1S/C20H21NO7S/c1-3-17(21-19(24)28-2)20(18(22)23,29(25,26)27)16-10-6-9-14-13-8-5-4-7-12(13)11-15(14)16/h4-10,17H,3,11H2,1-2H3,(H,21,24)(H,22,23)(H,25,26,27). The predicted molar refractivity (Wildman–Crippen MR) is 105 cm³/mol. The van der Waals surface area contributed by atoms with Crippen molar-refractivity contribution in [1.82, 2.24) is 5.32 Å². The van der Waals surface area contributed by atoms with Gasteiger partial charge < -0.3 is 15.2 Å². The quantitative estimate of drug-likeness (QED) is 0.524. The van der Waals surface area contributed by atoms with Gasteiger partial charge >= 0.3 is 12.1 Å². The van der Waals surface area contributed by atoms with Crippen LogP contribution < -0.4 is 5.32 Å². The van der Waals surface area contributed by atoms with Gasteiger partial charge in [0.25, 0.3) is 10.1 Å². The highest BCUT2D eigenvalue weighted by Crippen LogP contribution is 2.45. The number of methoxy groups -OCH3 is 1. The number of fused-ring (bicyclic) bond motifs is 3. The van der Waals surface area contributed by atoms with E-state index in [9.17, 15) is 27.7 Å². The predicted octanol–water partition coefficient (Wildman–Crippen LogP) is 2.56. The van der Waals surface area contributed by atoms with Crippen molar-refractivity contribution in [3.63, 3.8) is 0 Å². The summed E-state index contributed by atoms with van der Waals surface area (Å²) in [6.45, 7) is 1.52. The second-order valence-corrected chi connectivity index (χ2v) is 8.37. The lowest BCUT2D eigenvalue weighted by Gasteiger charge is -2.35. The third-order valence-electron chi connectivity index (χ3n) is 5.35. The lowest BCUT2D eigenvalue weighted by atomic mass is 9.84. The highest BCUT2D eigenvalue weighted by molar-refractivity contribution is 7.87. The molecule has 0 saturated carbocycles. The summed E-state index contributed by atoms with van der Waals surface area (Å²) in [5.74, 6) is -1.78. The summed E-state index contributed by atoms with van der Waals surface area (Å²) in [7, 11) is -4.14. The summed E-state index contributed by atoms with van der Waals surface area (Å²) >= 11 is 0. The topological polar surface area (TPSA) is 130 Å². The SMILES string of the molecule is CCC(NC(=O)OC)C(C(=O)O)(c1cccc2c1Cc1ccccc1-2)S(=O)(=O)O. The molecule has 0 fully saturated rings. The lowest BCUT2D eigenvalue weighted by Crippen LogP contribution is -2.59. The van der Waals surface area contributed by atoms with Crippen LogP contribution in [-0.2, 0) is 30.8 Å². The first kappa shape index (κ1) is 20.8. The molecule has 0 aromatic heterocycles. The summed E-state index contributed by atoms with van der Waals surface area (Å²) in [4.78, 5) is 24.3. The van der Waals surface area contributed by atoms with E-state index >= 15 is 0 Å². The minimum atomic E-state index is -5.22. The number of nitrogens with one attached hydrogen (secondary N) is 1. The van der Waals surface area contributed by atoms with Gasteiger partial charge in [0.2, 0.25) is 4.75 Å². The van der Waals surface area contributed by atoms with Crippen LogP contribution in [0.2, 0.25) is 0 Å². The van der Waals surface area contributed by atoms with Gasteiger partial charge in [-0.25, -0.2) is 9.59 Å². The van der Waals surface area contributed by atoms with Crippen molar-refractivity contribution in [1.29, 1.82) is 0 Å². The van der Waals surface area contributed by atoms with Crippen molar-refractivity contribution in [2.24, 2.45) is 0 Å². The Morgan fingerprint density at radius 3 is 2.41 bits per heavy atom.